The first kappa shape index (κ1) is 28.9. The number of nitrogen functional groups attached to an aromatic ring is 2. The fourth-order valence-corrected chi connectivity index (χ4v) is 5.68. The summed E-state index contributed by atoms with van der Waals surface area (Å²) in [6.45, 7) is -0.439. The summed E-state index contributed by atoms with van der Waals surface area (Å²) in [6.07, 6.45) is 2.21. The Labute approximate surface area is 254 Å². The molecule has 5 nitrogen and oxygen atoms in total. The average Bonchev–Trinajstić information content (AvgIpc) is 2.99. The van der Waals surface area contributed by atoms with Crippen LogP contribution in [-0.2, 0) is 4.79 Å². The van der Waals surface area contributed by atoms with E-state index in [0.29, 0.717) is 16.5 Å². The van der Waals surface area contributed by atoms with Crippen LogP contribution in [0.15, 0.2) is 126 Å². The molecule has 0 bridgehead atoms. The molecule has 0 amide bonds. The monoisotopic (exact) mass is 592 g/mol. The molecule has 0 aromatic heterocycles. The summed E-state index contributed by atoms with van der Waals surface area (Å²) in [6, 6.07) is 38.1. The minimum absolute atomic E-state index is 0.347. The Morgan fingerprint density at radius 3 is 1.76 bits per heavy atom. The van der Waals surface area contributed by atoms with Crippen molar-refractivity contribution in [2.75, 3.05) is 23.8 Å². The standard InChI is InChI=1S/C35H29ClN2O3S/c36-33-21-31(15-16-34(33)41-22-35(39)40)42-18-17-32(25-11-7-23(8-12-25)27-3-1-5-29(37)19-27)26-13-9-24(10-14-26)28-4-2-6-30(38)20-28/h1-17,19-21H,18,22,37-38H2,(H,39,40). The molecule has 0 radical (unpaired) electrons. The van der Waals surface area contributed by atoms with E-state index < -0.39 is 12.6 Å². The van der Waals surface area contributed by atoms with Gasteiger partial charge < -0.3 is 21.3 Å². The lowest BCUT2D eigenvalue weighted by Gasteiger charge is -2.12. The van der Waals surface area contributed by atoms with Crippen LogP contribution in [0, 0.1) is 0 Å². The Hall–Kier alpha value is -4.65. The summed E-state index contributed by atoms with van der Waals surface area (Å²) in [5.41, 5.74) is 21.1. The molecule has 0 aliphatic heterocycles. The zero-order valence-corrected chi connectivity index (χ0v) is 24.2. The van der Waals surface area contributed by atoms with Crippen molar-refractivity contribution in [1.29, 1.82) is 0 Å². The van der Waals surface area contributed by atoms with Gasteiger partial charge in [0.1, 0.15) is 5.75 Å². The van der Waals surface area contributed by atoms with E-state index in [1.807, 2.05) is 42.5 Å². The van der Waals surface area contributed by atoms with Gasteiger partial charge >= 0.3 is 5.97 Å². The van der Waals surface area contributed by atoms with E-state index in [2.05, 4.69) is 66.7 Å². The normalized spacial score (nSPS) is 10.7. The number of carboxylic acid groups (broad SMARTS) is 1. The first-order valence-electron chi connectivity index (χ1n) is 13.3. The highest BCUT2D eigenvalue weighted by atomic mass is 35.5. The van der Waals surface area contributed by atoms with E-state index in [9.17, 15) is 4.79 Å². The van der Waals surface area contributed by atoms with Gasteiger partial charge in [0.05, 0.1) is 5.02 Å². The van der Waals surface area contributed by atoms with Crippen molar-refractivity contribution in [3.63, 3.8) is 0 Å². The minimum atomic E-state index is -1.05. The minimum Gasteiger partial charge on any atom is -0.480 e. The molecular formula is C35H29ClN2O3S. The van der Waals surface area contributed by atoms with Gasteiger partial charge in [-0.15, -0.1) is 11.8 Å². The van der Waals surface area contributed by atoms with Gasteiger partial charge in [0.15, 0.2) is 6.61 Å². The number of hydrogen-bond donors (Lipinski definition) is 3. The zero-order chi connectivity index (χ0) is 29.5. The van der Waals surface area contributed by atoms with Gasteiger partial charge in [-0.1, -0.05) is 90.5 Å². The van der Waals surface area contributed by atoms with Gasteiger partial charge in [-0.05, 0) is 81.4 Å². The van der Waals surface area contributed by atoms with Crippen LogP contribution < -0.4 is 16.2 Å². The average molecular weight is 593 g/mol. The van der Waals surface area contributed by atoms with Crippen LogP contribution in [0.5, 0.6) is 5.75 Å². The summed E-state index contributed by atoms with van der Waals surface area (Å²) >= 11 is 7.96. The highest BCUT2D eigenvalue weighted by Crippen LogP contribution is 2.33. The van der Waals surface area contributed by atoms with E-state index in [-0.39, 0.29) is 0 Å². The van der Waals surface area contributed by atoms with Gasteiger partial charge in [0, 0.05) is 22.0 Å². The summed E-state index contributed by atoms with van der Waals surface area (Å²) in [7, 11) is 0. The van der Waals surface area contributed by atoms with Crippen LogP contribution in [0.4, 0.5) is 11.4 Å². The van der Waals surface area contributed by atoms with Gasteiger partial charge in [0.25, 0.3) is 0 Å². The molecule has 0 saturated heterocycles. The van der Waals surface area contributed by atoms with Crippen LogP contribution in [0.2, 0.25) is 5.02 Å². The molecule has 5 N–H and O–H groups in total. The number of carbonyl (C=O) groups is 1. The third-order valence-corrected chi connectivity index (χ3v) is 7.84. The lowest BCUT2D eigenvalue weighted by Crippen LogP contribution is -2.09. The fraction of sp³-hybridized carbons (Fsp3) is 0.0571. The summed E-state index contributed by atoms with van der Waals surface area (Å²) < 4.78 is 5.24. The maximum absolute atomic E-state index is 10.8. The Balaban J connectivity index is 1.41. The lowest BCUT2D eigenvalue weighted by atomic mass is 9.94. The number of carboxylic acids is 1. The van der Waals surface area contributed by atoms with Crippen molar-refractivity contribution in [2.24, 2.45) is 0 Å². The highest BCUT2D eigenvalue weighted by Gasteiger charge is 2.10. The maximum atomic E-state index is 10.8. The van der Waals surface area contributed by atoms with Gasteiger partial charge in [0.2, 0.25) is 0 Å². The van der Waals surface area contributed by atoms with Crippen LogP contribution >= 0.6 is 23.4 Å². The SMILES string of the molecule is Nc1cccc(-c2ccc(C(=CCSc3ccc(OCC(=O)O)c(Cl)c3)c3ccc(-c4cccc(N)c4)cc3)cc2)c1. The van der Waals surface area contributed by atoms with Crippen molar-refractivity contribution < 1.29 is 14.6 Å². The van der Waals surface area contributed by atoms with Crippen molar-refractivity contribution >= 4 is 46.3 Å². The molecule has 42 heavy (non-hydrogen) atoms. The second-order valence-corrected chi connectivity index (χ2v) is 11.1. The van der Waals surface area contributed by atoms with Crippen molar-refractivity contribution in [1.82, 2.24) is 0 Å². The Morgan fingerprint density at radius 2 is 1.29 bits per heavy atom. The molecule has 0 spiro atoms. The van der Waals surface area contributed by atoms with E-state index in [1.54, 1.807) is 23.9 Å². The first-order chi connectivity index (χ1) is 20.4. The Kier molecular flexibility index (Phi) is 9.17. The maximum Gasteiger partial charge on any atom is 0.341 e. The number of nitrogens with two attached hydrogens (primary N) is 2. The first-order valence-corrected chi connectivity index (χ1v) is 14.6. The second kappa shape index (κ2) is 13.3. The molecule has 0 atom stereocenters. The largest absolute Gasteiger partial charge is 0.480 e. The van der Waals surface area contributed by atoms with E-state index >= 15 is 0 Å². The van der Waals surface area contributed by atoms with Crippen molar-refractivity contribution in [3.8, 4) is 28.0 Å². The summed E-state index contributed by atoms with van der Waals surface area (Å²) in [5.74, 6) is -0.0150. The molecule has 0 aliphatic rings. The van der Waals surface area contributed by atoms with Crippen molar-refractivity contribution in [2.45, 2.75) is 4.90 Å². The van der Waals surface area contributed by atoms with Gasteiger partial charge in [-0.25, -0.2) is 4.79 Å². The van der Waals surface area contributed by atoms with Crippen LogP contribution in [0.1, 0.15) is 11.1 Å². The molecule has 5 aromatic rings. The number of anilines is 2. The number of thioether (sulfide) groups is 1. The third kappa shape index (κ3) is 7.35. The molecule has 5 rings (SSSR count). The van der Waals surface area contributed by atoms with E-state index in [1.165, 1.54) is 0 Å². The predicted molar refractivity (Wildman–Crippen MR) is 175 cm³/mol. The van der Waals surface area contributed by atoms with E-state index in [0.717, 1.165) is 55.2 Å². The molecule has 7 heteroatoms. The molecular weight excluding hydrogens is 564 g/mol. The second-order valence-electron chi connectivity index (χ2n) is 9.61. The van der Waals surface area contributed by atoms with E-state index in [4.69, 9.17) is 32.9 Å². The number of halogens is 1. The van der Waals surface area contributed by atoms with Crippen molar-refractivity contribution in [3.05, 3.63) is 137 Å². The quantitative estimate of drug-likeness (QED) is 0.111. The predicted octanol–water partition coefficient (Wildman–Crippen LogP) is 8.53. The lowest BCUT2D eigenvalue weighted by molar-refractivity contribution is -0.139. The molecule has 0 aliphatic carbocycles. The number of hydrogen-bond acceptors (Lipinski definition) is 5. The van der Waals surface area contributed by atoms with Gasteiger partial charge in [-0.2, -0.15) is 0 Å². The smallest absolute Gasteiger partial charge is 0.341 e. The summed E-state index contributed by atoms with van der Waals surface area (Å²) in [4.78, 5) is 11.8. The van der Waals surface area contributed by atoms with Gasteiger partial charge in [-0.3, -0.25) is 0 Å². The molecule has 0 fully saturated rings. The van der Waals surface area contributed by atoms with Crippen LogP contribution in [0.25, 0.3) is 27.8 Å². The topological polar surface area (TPSA) is 98.6 Å². The number of rotatable bonds is 10. The number of aliphatic carboxylic acids is 1. The Morgan fingerprint density at radius 1 is 0.738 bits per heavy atom. The third-order valence-electron chi connectivity index (χ3n) is 6.62. The number of ether oxygens (including phenoxy) is 1. The molecule has 210 valence electrons. The fourth-order valence-electron chi connectivity index (χ4n) is 4.57. The molecule has 5 aromatic carbocycles. The molecule has 0 saturated carbocycles. The highest BCUT2D eigenvalue weighted by molar-refractivity contribution is 7.99. The molecule has 0 unspecified atom stereocenters. The van der Waals surface area contributed by atoms with Crippen LogP contribution in [0.3, 0.4) is 0 Å². The number of benzene rings is 5. The molecule has 0 heterocycles. The summed E-state index contributed by atoms with van der Waals surface area (Å²) in [5, 5.41) is 9.23. The Bertz CT molecular complexity index is 1640. The zero-order valence-electron chi connectivity index (χ0n) is 22.7. The van der Waals surface area contributed by atoms with Crippen LogP contribution in [-0.4, -0.2) is 23.4 Å².